The Bertz CT molecular complexity index is 214. The van der Waals surface area contributed by atoms with E-state index >= 15 is 0 Å². The fourth-order valence-electron chi connectivity index (χ4n) is 2.09. The fourth-order valence-corrected chi connectivity index (χ4v) is 2.09. The molecule has 2 fully saturated rings. The van der Waals surface area contributed by atoms with Crippen LogP contribution in [0.15, 0.2) is 0 Å². The van der Waals surface area contributed by atoms with Crippen LogP contribution in [0.4, 0.5) is 0 Å². The van der Waals surface area contributed by atoms with Gasteiger partial charge in [0, 0.05) is 26.7 Å². The summed E-state index contributed by atoms with van der Waals surface area (Å²) < 4.78 is 5.49. The molecule has 2 atom stereocenters. The molecule has 0 saturated carbocycles. The van der Waals surface area contributed by atoms with E-state index < -0.39 is 0 Å². The first-order valence-electron chi connectivity index (χ1n) is 5.37. The average Bonchev–Trinajstić information content (AvgIpc) is 2.77. The van der Waals surface area contributed by atoms with E-state index in [0.29, 0.717) is 6.10 Å². The van der Waals surface area contributed by atoms with E-state index in [-0.39, 0.29) is 11.9 Å². The van der Waals surface area contributed by atoms with Crippen LogP contribution < -0.4 is 5.32 Å². The molecule has 2 rings (SSSR count). The molecule has 2 heterocycles. The third-order valence-electron chi connectivity index (χ3n) is 3.04. The van der Waals surface area contributed by atoms with Crippen LogP contribution in [0.5, 0.6) is 0 Å². The van der Waals surface area contributed by atoms with E-state index in [9.17, 15) is 4.79 Å². The average molecular weight is 198 g/mol. The first kappa shape index (κ1) is 9.93. The van der Waals surface area contributed by atoms with E-state index in [1.54, 1.807) is 4.90 Å². The largest absolute Gasteiger partial charge is 0.377 e. The van der Waals surface area contributed by atoms with Gasteiger partial charge < -0.3 is 15.0 Å². The van der Waals surface area contributed by atoms with Crippen LogP contribution in [0.25, 0.3) is 0 Å². The summed E-state index contributed by atoms with van der Waals surface area (Å²) in [5, 5.41) is 3.29. The Balaban J connectivity index is 1.72. The van der Waals surface area contributed by atoms with E-state index in [0.717, 1.165) is 39.0 Å². The fraction of sp³-hybridized carbons (Fsp3) is 0.900. The SMILES string of the molecule is CN1CC[C@H](NC[C@@H]2CCCO2)C1=O. The summed E-state index contributed by atoms with van der Waals surface area (Å²) in [7, 11) is 1.86. The zero-order valence-electron chi connectivity index (χ0n) is 8.66. The van der Waals surface area contributed by atoms with Crippen LogP contribution in [0.2, 0.25) is 0 Å². The predicted molar refractivity (Wildman–Crippen MR) is 53.0 cm³/mol. The maximum Gasteiger partial charge on any atom is 0.239 e. The Kier molecular flexibility index (Phi) is 3.03. The minimum atomic E-state index is 0.0317. The second-order valence-electron chi connectivity index (χ2n) is 4.14. The zero-order valence-corrected chi connectivity index (χ0v) is 8.66. The number of amides is 1. The summed E-state index contributed by atoms with van der Waals surface area (Å²) >= 11 is 0. The predicted octanol–water partition coefficient (Wildman–Crippen LogP) is -0.0143. The summed E-state index contributed by atoms with van der Waals surface area (Å²) in [6, 6.07) is 0.0317. The summed E-state index contributed by atoms with van der Waals surface area (Å²) in [6.45, 7) is 2.58. The van der Waals surface area contributed by atoms with Crippen LogP contribution in [-0.2, 0) is 9.53 Å². The standard InChI is InChI=1S/C10H18N2O2/c1-12-5-4-9(10(12)13)11-7-8-3-2-6-14-8/h8-9,11H,2-7H2,1H3/t8-,9-/m0/s1. The number of hydrogen-bond donors (Lipinski definition) is 1. The van der Waals surface area contributed by atoms with Gasteiger partial charge in [0.05, 0.1) is 12.1 Å². The van der Waals surface area contributed by atoms with Crippen molar-refractivity contribution in [2.45, 2.75) is 31.4 Å². The highest BCUT2D eigenvalue weighted by atomic mass is 16.5. The molecule has 1 N–H and O–H groups in total. The molecular weight excluding hydrogens is 180 g/mol. The number of nitrogens with one attached hydrogen (secondary N) is 1. The molecule has 4 nitrogen and oxygen atoms in total. The number of rotatable bonds is 3. The third-order valence-corrected chi connectivity index (χ3v) is 3.04. The van der Waals surface area contributed by atoms with Crippen molar-refractivity contribution in [1.29, 1.82) is 0 Å². The van der Waals surface area contributed by atoms with Gasteiger partial charge in [-0.1, -0.05) is 0 Å². The molecule has 0 spiro atoms. The van der Waals surface area contributed by atoms with Gasteiger partial charge >= 0.3 is 0 Å². The van der Waals surface area contributed by atoms with E-state index in [1.165, 1.54) is 0 Å². The Labute approximate surface area is 84.6 Å². The van der Waals surface area contributed by atoms with Gasteiger partial charge in [-0.15, -0.1) is 0 Å². The van der Waals surface area contributed by atoms with Gasteiger partial charge in [-0.3, -0.25) is 4.79 Å². The minimum Gasteiger partial charge on any atom is -0.377 e. The molecule has 4 heteroatoms. The number of likely N-dealkylation sites (tertiary alicyclic amines) is 1. The lowest BCUT2D eigenvalue weighted by atomic mass is 10.2. The van der Waals surface area contributed by atoms with Crippen LogP contribution >= 0.6 is 0 Å². The van der Waals surface area contributed by atoms with Gasteiger partial charge in [-0.2, -0.15) is 0 Å². The van der Waals surface area contributed by atoms with Gasteiger partial charge in [-0.05, 0) is 19.3 Å². The maximum absolute atomic E-state index is 11.5. The zero-order chi connectivity index (χ0) is 9.97. The molecule has 2 aliphatic heterocycles. The molecule has 0 radical (unpaired) electrons. The van der Waals surface area contributed by atoms with Crippen molar-refractivity contribution in [2.75, 3.05) is 26.7 Å². The molecule has 0 unspecified atom stereocenters. The number of carbonyl (C=O) groups excluding carboxylic acids is 1. The molecule has 2 saturated heterocycles. The van der Waals surface area contributed by atoms with Crippen molar-refractivity contribution in [2.24, 2.45) is 0 Å². The van der Waals surface area contributed by atoms with Crippen LogP contribution in [-0.4, -0.2) is 49.7 Å². The summed E-state index contributed by atoms with van der Waals surface area (Å²) in [5.41, 5.74) is 0. The summed E-state index contributed by atoms with van der Waals surface area (Å²) in [6.07, 6.45) is 3.55. The molecule has 0 aromatic rings. The van der Waals surface area contributed by atoms with Gasteiger partial charge in [-0.25, -0.2) is 0 Å². The number of carbonyl (C=O) groups is 1. The third kappa shape index (κ3) is 2.07. The Morgan fingerprint density at radius 1 is 1.57 bits per heavy atom. The second kappa shape index (κ2) is 4.28. The maximum atomic E-state index is 11.5. The number of likely N-dealkylation sites (N-methyl/N-ethyl adjacent to an activating group) is 1. The molecule has 0 aliphatic carbocycles. The smallest absolute Gasteiger partial charge is 0.239 e. The molecular formula is C10H18N2O2. The lowest BCUT2D eigenvalue weighted by Crippen LogP contribution is -2.40. The van der Waals surface area contributed by atoms with Crippen molar-refractivity contribution in [1.82, 2.24) is 10.2 Å². The first-order valence-corrected chi connectivity index (χ1v) is 5.37. The van der Waals surface area contributed by atoms with Crippen molar-refractivity contribution in [3.8, 4) is 0 Å². The van der Waals surface area contributed by atoms with E-state index in [2.05, 4.69) is 5.32 Å². The van der Waals surface area contributed by atoms with Gasteiger partial charge in [0.25, 0.3) is 0 Å². The highest BCUT2D eigenvalue weighted by molar-refractivity contribution is 5.83. The quantitative estimate of drug-likeness (QED) is 0.693. The lowest BCUT2D eigenvalue weighted by molar-refractivity contribution is -0.128. The summed E-state index contributed by atoms with van der Waals surface area (Å²) in [4.78, 5) is 13.3. The van der Waals surface area contributed by atoms with Gasteiger partial charge in [0.2, 0.25) is 5.91 Å². The topological polar surface area (TPSA) is 41.6 Å². The molecule has 2 aliphatic rings. The monoisotopic (exact) mass is 198 g/mol. The van der Waals surface area contributed by atoms with Gasteiger partial charge in [0.15, 0.2) is 0 Å². The van der Waals surface area contributed by atoms with Crippen LogP contribution in [0, 0.1) is 0 Å². The van der Waals surface area contributed by atoms with Crippen molar-refractivity contribution >= 4 is 5.91 Å². The second-order valence-corrected chi connectivity index (χ2v) is 4.14. The molecule has 14 heavy (non-hydrogen) atoms. The lowest BCUT2D eigenvalue weighted by Gasteiger charge is -2.15. The molecule has 0 bridgehead atoms. The molecule has 0 aromatic heterocycles. The Morgan fingerprint density at radius 2 is 2.43 bits per heavy atom. The number of hydrogen-bond acceptors (Lipinski definition) is 3. The van der Waals surface area contributed by atoms with E-state index in [4.69, 9.17) is 4.74 Å². The van der Waals surface area contributed by atoms with E-state index in [1.807, 2.05) is 7.05 Å². The Hall–Kier alpha value is -0.610. The Morgan fingerprint density at radius 3 is 3.00 bits per heavy atom. The van der Waals surface area contributed by atoms with Crippen molar-refractivity contribution in [3.05, 3.63) is 0 Å². The summed E-state index contributed by atoms with van der Waals surface area (Å²) in [5.74, 6) is 0.225. The number of ether oxygens (including phenoxy) is 1. The molecule has 80 valence electrons. The first-order chi connectivity index (χ1) is 6.77. The van der Waals surface area contributed by atoms with Crippen LogP contribution in [0.3, 0.4) is 0 Å². The number of nitrogens with zero attached hydrogens (tertiary/aromatic N) is 1. The van der Waals surface area contributed by atoms with Crippen LogP contribution in [0.1, 0.15) is 19.3 Å². The highest BCUT2D eigenvalue weighted by Gasteiger charge is 2.29. The molecule has 1 amide bonds. The minimum absolute atomic E-state index is 0.0317. The van der Waals surface area contributed by atoms with Crippen molar-refractivity contribution in [3.63, 3.8) is 0 Å². The van der Waals surface area contributed by atoms with Gasteiger partial charge in [0.1, 0.15) is 0 Å². The van der Waals surface area contributed by atoms with Crippen molar-refractivity contribution < 1.29 is 9.53 Å². The highest BCUT2D eigenvalue weighted by Crippen LogP contribution is 2.13. The normalized spacial score (nSPS) is 32.9. The molecule has 0 aromatic carbocycles.